The first-order valence-electron chi connectivity index (χ1n) is 11.1. The van der Waals surface area contributed by atoms with Gasteiger partial charge in [-0.25, -0.2) is 0 Å². The second-order valence-corrected chi connectivity index (χ2v) is 8.68. The van der Waals surface area contributed by atoms with Crippen molar-refractivity contribution in [2.75, 3.05) is 59.9 Å². The summed E-state index contributed by atoms with van der Waals surface area (Å²) < 4.78 is 38.2. The molecular weight excluding hydrogens is 405 g/mol. The van der Waals surface area contributed by atoms with Crippen LogP contribution in [0.1, 0.15) is 24.5 Å². The number of hydrogen-bond donors (Lipinski definition) is 2. The van der Waals surface area contributed by atoms with Crippen LogP contribution >= 0.6 is 0 Å². The van der Waals surface area contributed by atoms with Gasteiger partial charge >= 0.3 is 6.18 Å². The molecule has 174 valence electrons. The maximum absolute atomic E-state index is 12.7. The highest BCUT2D eigenvalue weighted by molar-refractivity contribution is 5.80. The van der Waals surface area contributed by atoms with Crippen molar-refractivity contribution in [3.63, 3.8) is 0 Å². The Hall–Kier alpha value is -1.84. The number of nitrogens with zero attached hydrogens (tertiary/aromatic N) is 4. The summed E-state index contributed by atoms with van der Waals surface area (Å²) in [7, 11) is 4.31. The quantitative estimate of drug-likeness (QED) is 0.524. The van der Waals surface area contributed by atoms with Crippen LogP contribution in [0.5, 0.6) is 0 Å². The molecule has 2 fully saturated rings. The van der Waals surface area contributed by atoms with Gasteiger partial charge in [0.25, 0.3) is 0 Å². The molecule has 0 amide bonds. The van der Waals surface area contributed by atoms with E-state index in [0.717, 1.165) is 75.9 Å². The first kappa shape index (κ1) is 23.8. The third-order valence-electron chi connectivity index (χ3n) is 6.09. The third kappa shape index (κ3) is 7.08. The van der Waals surface area contributed by atoms with Gasteiger partial charge < -0.3 is 15.5 Å². The summed E-state index contributed by atoms with van der Waals surface area (Å²) >= 11 is 0. The van der Waals surface area contributed by atoms with Gasteiger partial charge in [-0.3, -0.25) is 14.8 Å². The van der Waals surface area contributed by atoms with Crippen LogP contribution in [0.2, 0.25) is 0 Å². The number of halogens is 3. The number of guanidine groups is 1. The zero-order chi connectivity index (χ0) is 22.4. The number of piperazine rings is 1. The van der Waals surface area contributed by atoms with E-state index in [9.17, 15) is 13.2 Å². The summed E-state index contributed by atoms with van der Waals surface area (Å²) in [4.78, 5) is 11.8. The zero-order valence-corrected chi connectivity index (χ0v) is 18.8. The van der Waals surface area contributed by atoms with Gasteiger partial charge in [-0.15, -0.1) is 0 Å². The molecule has 2 N–H and O–H groups in total. The molecule has 0 bridgehead atoms. The lowest BCUT2D eigenvalue weighted by Gasteiger charge is -2.37. The fraction of sp³-hybridized carbons (Fsp3) is 0.682. The Kier molecular flexibility index (Phi) is 8.18. The van der Waals surface area contributed by atoms with Crippen LogP contribution in [0.15, 0.2) is 29.3 Å². The van der Waals surface area contributed by atoms with Gasteiger partial charge in [0.1, 0.15) is 0 Å². The van der Waals surface area contributed by atoms with E-state index in [0.29, 0.717) is 12.6 Å². The minimum Gasteiger partial charge on any atom is -0.357 e. The fourth-order valence-electron chi connectivity index (χ4n) is 4.16. The minimum atomic E-state index is -4.29. The van der Waals surface area contributed by atoms with Crippen LogP contribution in [-0.2, 0) is 12.7 Å². The van der Waals surface area contributed by atoms with Gasteiger partial charge in [0.2, 0.25) is 0 Å². The molecule has 1 aromatic rings. The molecule has 9 heteroatoms. The zero-order valence-electron chi connectivity index (χ0n) is 18.8. The molecule has 31 heavy (non-hydrogen) atoms. The van der Waals surface area contributed by atoms with Gasteiger partial charge in [-0.2, -0.15) is 13.2 Å². The van der Waals surface area contributed by atoms with Crippen LogP contribution in [-0.4, -0.2) is 92.7 Å². The molecule has 2 saturated heterocycles. The van der Waals surface area contributed by atoms with E-state index < -0.39 is 11.7 Å². The first-order chi connectivity index (χ1) is 14.7. The van der Waals surface area contributed by atoms with Crippen molar-refractivity contribution in [1.82, 2.24) is 25.3 Å². The average molecular weight is 441 g/mol. The number of aliphatic imine (C=N–C) groups is 1. The van der Waals surface area contributed by atoms with Gasteiger partial charge in [-0.1, -0.05) is 12.1 Å². The second-order valence-electron chi connectivity index (χ2n) is 8.68. The molecule has 1 aromatic carbocycles. The van der Waals surface area contributed by atoms with E-state index in [1.165, 1.54) is 0 Å². The first-order valence-corrected chi connectivity index (χ1v) is 11.1. The van der Waals surface area contributed by atoms with Crippen molar-refractivity contribution >= 4 is 5.96 Å². The predicted molar refractivity (Wildman–Crippen MR) is 118 cm³/mol. The fourth-order valence-corrected chi connectivity index (χ4v) is 4.16. The van der Waals surface area contributed by atoms with Crippen LogP contribution in [0, 0.1) is 0 Å². The SMILES string of the molecule is CCNC(=NCC1CN(C)CCN1C)NC1CCN(Cc2ccc(C(F)(F)F)cc2)C1. The molecule has 0 radical (unpaired) electrons. The van der Waals surface area contributed by atoms with Gasteiger partial charge in [0.05, 0.1) is 12.1 Å². The summed E-state index contributed by atoms with van der Waals surface area (Å²) in [5.41, 5.74) is 0.303. The molecule has 3 rings (SSSR count). The Morgan fingerprint density at radius 1 is 1.10 bits per heavy atom. The van der Waals surface area contributed by atoms with Crippen molar-refractivity contribution in [3.05, 3.63) is 35.4 Å². The lowest BCUT2D eigenvalue weighted by Crippen LogP contribution is -2.52. The number of likely N-dealkylation sites (tertiary alicyclic amines) is 1. The Balaban J connectivity index is 1.50. The molecule has 2 unspecified atom stereocenters. The molecule has 6 nitrogen and oxygen atoms in total. The Bertz CT molecular complexity index is 721. The van der Waals surface area contributed by atoms with Crippen LogP contribution < -0.4 is 10.6 Å². The highest BCUT2D eigenvalue weighted by Gasteiger charge is 2.30. The Labute approximate surface area is 183 Å². The highest BCUT2D eigenvalue weighted by Crippen LogP contribution is 2.29. The summed E-state index contributed by atoms with van der Waals surface area (Å²) in [6.07, 6.45) is -3.30. The van der Waals surface area contributed by atoms with Gasteiger partial charge in [0.15, 0.2) is 5.96 Å². The number of rotatable bonds is 6. The molecule has 2 atom stereocenters. The van der Waals surface area contributed by atoms with E-state index in [1.807, 2.05) is 0 Å². The molecule has 2 aliphatic rings. The van der Waals surface area contributed by atoms with Crippen molar-refractivity contribution in [3.8, 4) is 0 Å². The van der Waals surface area contributed by atoms with E-state index in [2.05, 4.69) is 46.4 Å². The lowest BCUT2D eigenvalue weighted by atomic mass is 10.1. The smallest absolute Gasteiger partial charge is 0.357 e. The molecule has 0 aliphatic carbocycles. The molecule has 0 aromatic heterocycles. The molecule has 2 aliphatic heterocycles. The van der Waals surface area contributed by atoms with Crippen molar-refractivity contribution in [1.29, 1.82) is 0 Å². The average Bonchev–Trinajstić information content (AvgIpc) is 3.15. The van der Waals surface area contributed by atoms with Crippen LogP contribution in [0.3, 0.4) is 0 Å². The molecular formula is C22H35F3N6. The summed E-state index contributed by atoms with van der Waals surface area (Å²) in [6.45, 7) is 9.18. The highest BCUT2D eigenvalue weighted by atomic mass is 19.4. The number of hydrogen-bond acceptors (Lipinski definition) is 4. The normalized spacial score (nSPS) is 24.5. The minimum absolute atomic E-state index is 0.277. The maximum Gasteiger partial charge on any atom is 0.416 e. The summed E-state index contributed by atoms with van der Waals surface area (Å²) in [6, 6.07) is 6.17. The Morgan fingerprint density at radius 2 is 1.84 bits per heavy atom. The second kappa shape index (κ2) is 10.7. The molecule has 0 saturated carbocycles. The van der Waals surface area contributed by atoms with Crippen LogP contribution in [0.25, 0.3) is 0 Å². The van der Waals surface area contributed by atoms with Crippen molar-refractivity contribution in [2.45, 2.75) is 38.1 Å². The predicted octanol–water partition coefficient (Wildman–Crippen LogP) is 2.08. The molecule has 0 spiro atoms. The third-order valence-corrected chi connectivity index (χ3v) is 6.09. The summed E-state index contributed by atoms with van der Waals surface area (Å²) in [5, 5.41) is 6.89. The lowest BCUT2D eigenvalue weighted by molar-refractivity contribution is -0.137. The van der Waals surface area contributed by atoms with Crippen LogP contribution in [0.4, 0.5) is 13.2 Å². The monoisotopic (exact) mass is 440 g/mol. The van der Waals surface area contributed by atoms with Gasteiger partial charge in [-0.05, 0) is 45.1 Å². The number of benzene rings is 1. The van der Waals surface area contributed by atoms with Crippen molar-refractivity contribution in [2.24, 2.45) is 4.99 Å². The largest absolute Gasteiger partial charge is 0.416 e. The maximum atomic E-state index is 12.7. The number of alkyl halides is 3. The van der Waals surface area contributed by atoms with E-state index >= 15 is 0 Å². The van der Waals surface area contributed by atoms with E-state index in [1.54, 1.807) is 12.1 Å². The van der Waals surface area contributed by atoms with Crippen molar-refractivity contribution < 1.29 is 13.2 Å². The van der Waals surface area contributed by atoms with E-state index in [4.69, 9.17) is 4.99 Å². The number of nitrogens with one attached hydrogen (secondary N) is 2. The standard InChI is InChI=1S/C22H35F3N6/c1-4-26-21(27-13-20-16-29(2)11-12-30(20)3)28-19-9-10-31(15-19)14-17-5-7-18(8-6-17)22(23,24)25/h5-8,19-20H,4,9-16H2,1-3H3,(H2,26,27,28). The van der Waals surface area contributed by atoms with E-state index in [-0.39, 0.29) is 6.04 Å². The Morgan fingerprint density at radius 3 is 2.52 bits per heavy atom. The number of likely N-dealkylation sites (N-methyl/N-ethyl adjacent to an activating group) is 2. The topological polar surface area (TPSA) is 46.1 Å². The summed E-state index contributed by atoms with van der Waals surface area (Å²) in [5.74, 6) is 0.838. The molecule has 2 heterocycles. The van der Waals surface area contributed by atoms with Gasteiger partial charge in [0, 0.05) is 57.9 Å².